The molecular formula is C15H25ClN2O2. The number of methoxy groups -OCH3 is 1. The Kier molecular flexibility index (Phi) is 7.61. The van der Waals surface area contributed by atoms with Gasteiger partial charge in [0.15, 0.2) is 0 Å². The van der Waals surface area contributed by atoms with Crippen LogP contribution in [-0.4, -0.2) is 38.1 Å². The van der Waals surface area contributed by atoms with Crippen LogP contribution in [0.5, 0.6) is 5.75 Å². The van der Waals surface area contributed by atoms with Crippen LogP contribution >= 0.6 is 12.4 Å². The van der Waals surface area contributed by atoms with Gasteiger partial charge in [-0.3, -0.25) is 4.79 Å². The maximum Gasteiger partial charge on any atom is 0.226 e. The van der Waals surface area contributed by atoms with E-state index in [1.807, 2.05) is 31.3 Å². The molecule has 0 heterocycles. The third-order valence-electron chi connectivity index (χ3n) is 3.16. The number of halogens is 1. The van der Waals surface area contributed by atoms with Crippen molar-refractivity contribution < 1.29 is 9.53 Å². The Morgan fingerprint density at radius 3 is 2.30 bits per heavy atom. The molecule has 1 aromatic carbocycles. The lowest BCUT2D eigenvalue weighted by molar-refractivity contribution is -0.130. The fraction of sp³-hybridized carbons (Fsp3) is 0.533. The number of rotatable bonds is 6. The molecule has 0 atom stereocenters. The third kappa shape index (κ3) is 5.80. The van der Waals surface area contributed by atoms with E-state index in [-0.39, 0.29) is 23.7 Å². The van der Waals surface area contributed by atoms with E-state index in [2.05, 4.69) is 13.8 Å². The number of nitrogens with two attached hydrogens (primary N) is 1. The van der Waals surface area contributed by atoms with Crippen LogP contribution in [0.1, 0.15) is 19.4 Å². The molecule has 20 heavy (non-hydrogen) atoms. The van der Waals surface area contributed by atoms with Gasteiger partial charge in [0.1, 0.15) is 5.75 Å². The minimum absolute atomic E-state index is 0. The van der Waals surface area contributed by atoms with Crippen molar-refractivity contribution in [3.8, 4) is 5.75 Å². The summed E-state index contributed by atoms with van der Waals surface area (Å²) >= 11 is 0. The molecule has 2 N–H and O–H groups in total. The fourth-order valence-corrected chi connectivity index (χ4v) is 1.85. The largest absolute Gasteiger partial charge is 0.497 e. The first-order valence-electron chi connectivity index (χ1n) is 6.45. The number of carbonyl (C=O) groups is 1. The van der Waals surface area contributed by atoms with E-state index in [0.717, 1.165) is 11.3 Å². The number of likely N-dealkylation sites (N-methyl/N-ethyl adjacent to an activating group) is 1. The standard InChI is InChI=1S/C15H24N2O2.ClH/c1-15(2,10-16)11-17(3)14(18)9-12-5-7-13(19-4)8-6-12;/h5-8H,9-11,16H2,1-4H3;1H. The van der Waals surface area contributed by atoms with Gasteiger partial charge in [0.25, 0.3) is 0 Å². The Morgan fingerprint density at radius 1 is 1.30 bits per heavy atom. The molecule has 0 unspecified atom stereocenters. The van der Waals surface area contributed by atoms with Gasteiger partial charge in [-0.15, -0.1) is 12.4 Å². The van der Waals surface area contributed by atoms with Gasteiger partial charge in [-0.1, -0.05) is 26.0 Å². The summed E-state index contributed by atoms with van der Waals surface area (Å²) in [4.78, 5) is 13.9. The highest BCUT2D eigenvalue weighted by Gasteiger charge is 2.21. The Labute approximate surface area is 127 Å². The van der Waals surface area contributed by atoms with E-state index >= 15 is 0 Å². The molecule has 0 aliphatic rings. The quantitative estimate of drug-likeness (QED) is 0.875. The molecule has 0 saturated carbocycles. The zero-order valence-electron chi connectivity index (χ0n) is 12.7. The summed E-state index contributed by atoms with van der Waals surface area (Å²) in [5.41, 5.74) is 6.63. The van der Waals surface area contributed by atoms with Crippen LogP contribution in [0.15, 0.2) is 24.3 Å². The lowest BCUT2D eigenvalue weighted by Gasteiger charge is -2.29. The lowest BCUT2D eigenvalue weighted by atomic mass is 9.93. The Bertz CT molecular complexity index is 418. The second kappa shape index (κ2) is 8.12. The smallest absolute Gasteiger partial charge is 0.226 e. The molecule has 1 amide bonds. The summed E-state index contributed by atoms with van der Waals surface area (Å²) in [6.07, 6.45) is 0.404. The number of nitrogens with zero attached hydrogens (tertiary/aromatic N) is 1. The zero-order valence-corrected chi connectivity index (χ0v) is 13.5. The van der Waals surface area contributed by atoms with Crippen molar-refractivity contribution in [2.24, 2.45) is 11.1 Å². The number of ether oxygens (including phenoxy) is 1. The maximum atomic E-state index is 12.1. The van der Waals surface area contributed by atoms with E-state index in [1.165, 1.54) is 0 Å². The Balaban J connectivity index is 0.00000361. The van der Waals surface area contributed by atoms with Gasteiger partial charge in [-0.05, 0) is 29.7 Å². The van der Waals surface area contributed by atoms with Crippen molar-refractivity contribution in [1.82, 2.24) is 4.90 Å². The molecule has 1 rings (SSSR count). The van der Waals surface area contributed by atoms with Crippen molar-refractivity contribution in [3.05, 3.63) is 29.8 Å². The predicted octanol–water partition coefficient (Wildman–Crippen LogP) is 2.10. The van der Waals surface area contributed by atoms with Crippen LogP contribution in [0.2, 0.25) is 0 Å². The maximum absolute atomic E-state index is 12.1. The van der Waals surface area contributed by atoms with Gasteiger partial charge in [0, 0.05) is 13.6 Å². The van der Waals surface area contributed by atoms with Crippen molar-refractivity contribution in [2.45, 2.75) is 20.3 Å². The summed E-state index contributed by atoms with van der Waals surface area (Å²) in [6.45, 7) is 5.35. The second-order valence-electron chi connectivity index (χ2n) is 5.64. The summed E-state index contributed by atoms with van der Waals surface area (Å²) in [6, 6.07) is 7.57. The molecule has 1 aromatic rings. The average Bonchev–Trinajstić information content (AvgIpc) is 2.39. The van der Waals surface area contributed by atoms with Gasteiger partial charge in [0.2, 0.25) is 5.91 Å². The molecule has 0 aromatic heterocycles. The molecule has 0 aliphatic heterocycles. The molecule has 4 nitrogen and oxygen atoms in total. The number of hydrogen-bond acceptors (Lipinski definition) is 3. The minimum Gasteiger partial charge on any atom is -0.497 e. The van der Waals surface area contributed by atoms with E-state index in [1.54, 1.807) is 12.0 Å². The van der Waals surface area contributed by atoms with Gasteiger partial charge in [-0.25, -0.2) is 0 Å². The van der Waals surface area contributed by atoms with Crippen LogP contribution in [0.4, 0.5) is 0 Å². The summed E-state index contributed by atoms with van der Waals surface area (Å²) in [7, 11) is 3.45. The topological polar surface area (TPSA) is 55.6 Å². The van der Waals surface area contributed by atoms with Crippen molar-refractivity contribution in [2.75, 3.05) is 27.2 Å². The first-order valence-corrected chi connectivity index (χ1v) is 6.45. The van der Waals surface area contributed by atoms with E-state index in [4.69, 9.17) is 10.5 Å². The first-order chi connectivity index (χ1) is 8.88. The van der Waals surface area contributed by atoms with Gasteiger partial charge in [-0.2, -0.15) is 0 Å². The molecule has 0 spiro atoms. The zero-order chi connectivity index (χ0) is 14.5. The first kappa shape index (κ1) is 18.7. The molecule has 0 radical (unpaired) electrons. The van der Waals surface area contributed by atoms with Gasteiger partial charge < -0.3 is 15.4 Å². The highest BCUT2D eigenvalue weighted by Crippen LogP contribution is 2.16. The van der Waals surface area contributed by atoms with Crippen LogP contribution in [-0.2, 0) is 11.2 Å². The monoisotopic (exact) mass is 300 g/mol. The molecule has 0 fully saturated rings. The summed E-state index contributed by atoms with van der Waals surface area (Å²) < 4.78 is 5.09. The lowest BCUT2D eigenvalue weighted by Crippen LogP contribution is -2.40. The molecule has 5 heteroatoms. The number of amides is 1. The SMILES string of the molecule is COc1ccc(CC(=O)N(C)CC(C)(C)CN)cc1.Cl. The Morgan fingerprint density at radius 2 is 1.85 bits per heavy atom. The number of hydrogen-bond donors (Lipinski definition) is 1. The van der Waals surface area contributed by atoms with Gasteiger partial charge in [0.05, 0.1) is 13.5 Å². The highest BCUT2D eigenvalue weighted by atomic mass is 35.5. The fourth-order valence-electron chi connectivity index (χ4n) is 1.85. The second-order valence-corrected chi connectivity index (χ2v) is 5.64. The van der Waals surface area contributed by atoms with Crippen LogP contribution in [0.25, 0.3) is 0 Å². The van der Waals surface area contributed by atoms with E-state index in [9.17, 15) is 4.79 Å². The normalized spacial score (nSPS) is 10.7. The Hall–Kier alpha value is -1.26. The average molecular weight is 301 g/mol. The van der Waals surface area contributed by atoms with Crippen molar-refractivity contribution in [3.63, 3.8) is 0 Å². The number of carbonyl (C=O) groups excluding carboxylic acids is 1. The van der Waals surface area contributed by atoms with Crippen molar-refractivity contribution >= 4 is 18.3 Å². The molecular weight excluding hydrogens is 276 g/mol. The molecule has 114 valence electrons. The van der Waals surface area contributed by atoms with Crippen molar-refractivity contribution in [1.29, 1.82) is 0 Å². The minimum atomic E-state index is -0.0513. The summed E-state index contributed by atoms with van der Waals surface area (Å²) in [5.74, 6) is 0.903. The van der Waals surface area contributed by atoms with Crippen LogP contribution in [0.3, 0.4) is 0 Å². The predicted molar refractivity (Wildman–Crippen MR) is 84.4 cm³/mol. The third-order valence-corrected chi connectivity index (χ3v) is 3.16. The number of benzene rings is 1. The van der Waals surface area contributed by atoms with Crippen LogP contribution in [0, 0.1) is 5.41 Å². The summed E-state index contributed by atoms with van der Waals surface area (Å²) in [5, 5.41) is 0. The van der Waals surface area contributed by atoms with Crippen LogP contribution < -0.4 is 10.5 Å². The van der Waals surface area contributed by atoms with Gasteiger partial charge >= 0.3 is 0 Å². The molecule has 0 bridgehead atoms. The highest BCUT2D eigenvalue weighted by molar-refractivity contribution is 5.85. The molecule has 0 saturated heterocycles. The van der Waals surface area contributed by atoms with E-state index < -0.39 is 0 Å². The van der Waals surface area contributed by atoms with E-state index in [0.29, 0.717) is 19.5 Å². The molecule has 0 aliphatic carbocycles.